The van der Waals surface area contributed by atoms with Gasteiger partial charge in [-0.3, -0.25) is 5.10 Å². The number of aromatic amines is 1. The molecule has 3 N–H and O–H groups in total. The summed E-state index contributed by atoms with van der Waals surface area (Å²) in [5.74, 6) is 4.03. The van der Waals surface area contributed by atoms with E-state index in [0.29, 0.717) is 13.2 Å². The maximum absolute atomic E-state index is 13.1. The normalized spacial score (nSPS) is 28.8. The van der Waals surface area contributed by atoms with Crippen LogP contribution in [0.5, 0.6) is 0 Å². The van der Waals surface area contributed by atoms with Gasteiger partial charge in [-0.05, 0) is 92.5 Å². The minimum Gasteiger partial charge on any atom is -0.377 e. The Hall–Kier alpha value is -3.92. The molecule has 9 rings (SSSR count). The Morgan fingerprint density at radius 2 is 1.83 bits per heavy atom. The van der Waals surface area contributed by atoms with E-state index in [0.717, 1.165) is 83.0 Å². The van der Waals surface area contributed by atoms with E-state index >= 15 is 0 Å². The number of nitrogens with one attached hydrogen (secondary N) is 3. The van der Waals surface area contributed by atoms with Crippen LogP contribution < -0.4 is 15.5 Å². The first-order chi connectivity index (χ1) is 20.0. The van der Waals surface area contributed by atoms with Crippen LogP contribution in [0.15, 0.2) is 48.8 Å². The number of pyridine rings is 1. The van der Waals surface area contributed by atoms with Crippen molar-refractivity contribution in [3.8, 4) is 16.9 Å². The molecule has 4 saturated carbocycles. The largest absolute Gasteiger partial charge is 0.377 e. The number of rotatable bonds is 5. The molecule has 10 nitrogen and oxygen atoms in total. The maximum Gasteiger partial charge on any atom is 0.319 e. The highest BCUT2D eigenvalue weighted by Crippen LogP contribution is 2.55. The number of benzene rings is 1. The van der Waals surface area contributed by atoms with Gasteiger partial charge in [0.2, 0.25) is 0 Å². The van der Waals surface area contributed by atoms with Gasteiger partial charge >= 0.3 is 6.03 Å². The molecule has 4 bridgehead atoms. The van der Waals surface area contributed by atoms with Gasteiger partial charge in [0.1, 0.15) is 5.82 Å². The number of carbonyl (C=O) groups excluding carboxylic acids is 1. The van der Waals surface area contributed by atoms with Gasteiger partial charge in [0, 0.05) is 29.2 Å². The van der Waals surface area contributed by atoms with E-state index in [9.17, 15) is 4.79 Å². The molecule has 4 aromatic rings. The molecule has 0 spiro atoms. The molecule has 0 unspecified atom stereocenters. The van der Waals surface area contributed by atoms with Gasteiger partial charge in [0.15, 0.2) is 11.5 Å². The molecular weight excluding hydrogens is 516 g/mol. The molecule has 41 heavy (non-hydrogen) atoms. The van der Waals surface area contributed by atoms with E-state index in [1.807, 2.05) is 24.4 Å². The minimum absolute atomic E-state index is 0.0107. The molecule has 5 aliphatic rings. The Kier molecular flexibility index (Phi) is 5.80. The highest BCUT2D eigenvalue weighted by atomic mass is 16.5. The standard InChI is InChI=1S/C31H36N8O2/c1-19-18-41-9-8-38(19)28-13-25(26-17-33-39(29(26)35-28)27-6-7-32-37-27)23-2-4-24(5-3-23)34-30(40)36-31-14-20-10-21(15-31)12-22(11-20)16-31/h2-7,13,17,19-22H,8-12,14-16,18H2,1H3,(H,32,37)(H2,34,36,40)/t19-,20?,21?,22?,31?/m1/s1. The predicted molar refractivity (Wildman–Crippen MR) is 157 cm³/mol. The second kappa shape index (κ2) is 9.58. The van der Waals surface area contributed by atoms with E-state index in [1.54, 1.807) is 10.9 Å². The Morgan fingerprint density at radius 1 is 1.07 bits per heavy atom. The number of hydrogen-bond donors (Lipinski definition) is 3. The molecule has 1 saturated heterocycles. The second-order valence-electron chi connectivity index (χ2n) is 12.7. The van der Waals surface area contributed by atoms with Crippen molar-refractivity contribution in [1.82, 2.24) is 30.3 Å². The number of morpholine rings is 1. The number of carbonyl (C=O) groups is 1. The second-order valence-corrected chi connectivity index (χ2v) is 12.7. The summed E-state index contributed by atoms with van der Waals surface area (Å²) in [6.07, 6.45) is 11.1. The zero-order valence-electron chi connectivity index (χ0n) is 23.3. The average Bonchev–Trinajstić information content (AvgIpc) is 3.62. The SMILES string of the molecule is C[C@@H]1COCCN1c1cc(-c2ccc(NC(=O)NC34CC5CC(CC(C5)C3)C4)cc2)c2cnn(-c3ccn[nH]3)c2n1. The van der Waals surface area contributed by atoms with Crippen molar-refractivity contribution in [1.29, 1.82) is 0 Å². The Balaban J connectivity index is 1.08. The van der Waals surface area contributed by atoms with Crippen LogP contribution in [-0.2, 0) is 4.74 Å². The molecule has 4 heterocycles. The Labute approximate surface area is 238 Å². The summed E-state index contributed by atoms with van der Waals surface area (Å²) >= 11 is 0. The van der Waals surface area contributed by atoms with Crippen molar-refractivity contribution in [3.05, 3.63) is 48.8 Å². The third kappa shape index (κ3) is 4.45. The van der Waals surface area contributed by atoms with Crippen LogP contribution in [-0.4, -0.2) is 62.3 Å². The van der Waals surface area contributed by atoms with Crippen LogP contribution >= 0.6 is 0 Å². The number of H-pyrrole nitrogens is 1. The van der Waals surface area contributed by atoms with Crippen LogP contribution in [0.3, 0.4) is 0 Å². The molecule has 5 fully saturated rings. The smallest absolute Gasteiger partial charge is 0.319 e. The fourth-order valence-electron chi connectivity index (χ4n) is 8.38. The van der Waals surface area contributed by atoms with Crippen molar-refractivity contribution >= 4 is 28.6 Å². The number of anilines is 2. The van der Waals surface area contributed by atoms with Crippen molar-refractivity contribution in [3.63, 3.8) is 0 Å². The summed E-state index contributed by atoms with van der Waals surface area (Å²) in [4.78, 5) is 20.5. The summed E-state index contributed by atoms with van der Waals surface area (Å²) in [5.41, 5.74) is 3.62. The highest BCUT2D eigenvalue weighted by Gasteiger charge is 2.51. The van der Waals surface area contributed by atoms with Crippen LogP contribution in [0.1, 0.15) is 45.4 Å². The molecular formula is C31H36N8O2. The lowest BCUT2D eigenvalue weighted by molar-refractivity contribution is -0.0127. The van der Waals surface area contributed by atoms with Crippen molar-refractivity contribution < 1.29 is 9.53 Å². The molecule has 10 heteroatoms. The molecule has 0 radical (unpaired) electrons. The number of aromatic nitrogens is 5. The number of hydrogen-bond acceptors (Lipinski definition) is 6. The molecule has 1 atom stereocenters. The van der Waals surface area contributed by atoms with Gasteiger partial charge in [-0.15, -0.1) is 0 Å². The van der Waals surface area contributed by atoms with Gasteiger partial charge in [-0.25, -0.2) is 9.78 Å². The van der Waals surface area contributed by atoms with E-state index in [1.165, 1.54) is 19.3 Å². The molecule has 4 aliphatic carbocycles. The zero-order chi connectivity index (χ0) is 27.6. The van der Waals surface area contributed by atoms with Crippen LogP contribution in [0.25, 0.3) is 28.0 Å². The van der Waals surface area contributed by atoms with E-state index in [4.69, 9.17) is 9.72 Å². The van der Waals surface area contributed by atoms with Crippen molar-refractivity contribution in [2.24, 2.45) is 17.8 Å². The van der Waals surface area contributed by atoms with E-state index < -0.39 is 0 Å². The van der Waals surface area contributed by atoms with Gasteiger partial charge < -0.3 is 20.3 Å². The summed E-state index contributed by atoms with van der Waals surface area (Å²) < 4.78 is 7.48. The molecule has 212 valence electrons. The highest BCUT2D eigenvalue weighted by molar-refractivity contribution is 5.96. The van der Waals surface area contributed by atoms with Crippen LogP contribution in [0.4, 0.5) is 16.3 Å². The van der Waals surface area contributed by atoms with Crippen LogP contribution in [0, 0.1) is 17.8 Å². The zero-order valence-corrected chi connectivity index (χ0v) is 23.3. The molecule has 2 amide bonds. The number of urea groups is 1. The lowest BCUT2D eigenvalue weighted by Crippen LogP contribution is -2.60. The fourth-order valence-corrected chi connectivity index (χ4v) is 8.38. The first-order valence-corrected chi connectivity index (χ1v) is 14.9. The summed E-state index contributed by atoms with van der Waals surface area (Å²) in [6.45, 7) is 4.27. The van der Waals surface area contributed by atoms with E-state index in [-0.39, 0.29) is 17.6 Å². The summed E-state index contributed by atoms with van der Waals surface area (Å²) in [6, 6.07) is 12.2. The van der Waals surface area contributed by atoms with Crippen molar-refractivity contribution in [2.45, 2.75) is 57.0 Å². The summed E-state index contributed by atoms with van der Waals surface area (Å²) in [7, 11) is 0. The monoisotopic (exact) mass is 552 g/mol. The topological polar surface area (TPSA) is 113 Å². The van der Waals surface area contributed by atoms with Gasteiger partial charge in [0.05, 0.1) is 31.6 Å². The number of nitrogens with zero attached hydrogens (tertiary/aromatic N) is 5. The predicted octanol–water partition coefficient (Wildman–Crippen LogP) is 5.13. The summed E-state index contributed by atoms with van der Waals surface area (Å²) in [5, 5.41) is 19.2. The van der Waals surface area contributed by atoms with Crippen LogP contribution in [0.2, 0.25) is 0 Å². The van der Waals surface area contributed by atoms with Crippen molar-refractivity contribution in [2.75, 3.05) is 30.0 Å². The molecule has 1 aliphatic heterocycles. The number of ether oxygens (including phenoxy) is 1. The lowest BCUT2D eigenvalue weighted by Gasteiger charge is -2.56. The number of fused-ring (bicyclic) bond motifs is 1. The maximum atomic E-state index is 13.1. The lowest BCUT2D eigenvalue weighted by atomic mass is 9.53. The first-order valence-electron chi connectivity index (χ1n) is 14.9. The van der Waals surface area contributed by atoms with Gasteiger partial charge in [-0.1, -0.05) is 12.1 Å². The van der Waals surface area contributed by atoms with E-state index in [2.05, 4.69) is 56.0 Å². The van der Waals surface area contributed by atoms with Gasteiger partial charge in [0.25, 0.3) is 0 Å². The molecule has 1 aromatic carbocycles. The third-order valence-electron chi connectivity index (χ3n) is 9.77. The third-order valence-corrected chi connectivity index (χ3v) is 9.77. The number of amides is 2. The Bertz CT molecular complexity index is 1540. The molecule has 3 aromatic heterocycles. The minimum atomic E-state index is -0.0876. The Morgan fingerprint density at radius 3 is 2.51 bits per heavy atom. The first kappa shape index (κ1) is 24.8. The van der Waals surface area contributed by atoms with Gasteiger partial charge in [-0.2, -0.15) is 14.9 Å². The average molecular weight is 553 g/mol. The fraction of sp³-hybridized carbons (Fsp3) is 0.484. The quantitative estimate of drug-likeness (QED) is 0.317.